The summed E-state index contributed by atoms with van der Waals surface area (Å²) in [7, 11) is 0. The Labute approximate surface area is 107 Å². The van der Waals surface area contributed by atoms with E-state index in [9.17, 15) is 9.50 Å². The van der Waals surface area contributed by atoms with Crippen molar-refractivity contribution in [3.8, 4) is 0 Å². The summed E-state index contributed by atoms with van der Waals surface area (Å²) in [6.07, 6.45) is 2.22. The van der Waals surface area contributed by atoms with Gasteiger partial charge < -0.3 is 10.8 Å². The van der Waals surface area contributed by atoms with Crippen LogP contribution in [0.1, 0.15) is 25.3 Å². The average Bonchev–Trinajstić information content (AvgIpc) is 2.34. The van der Waals surface area contributed by atoms with E-state index in [0.717, 1.165) is 12.8 Å². The number of rotatable bonds is 6. The van der Waals surface area contributed by atoms with Gasteiger partial charge in [-0.1, -0.05) is 37.1 Å². The summed E-state index contributed by atoms with van der Waals surface area (Å²) in [6.45, 7) is 2.39. The van der Waals surface area contributed by atoms with Gasteiger partial charge in [-0.3, -0.25) is 0 Å². The average molecular weight is 260 g/mol. The molecule has 0 amide bonds. The van der Waals surface area contributed by atoms with Crippen molar-refractivity contribution in [1.82, 2.24) is 0 Å². The van der Waals surface area contributed by atoms with Gasteiger partial charge in [-0.05, 0) is 24.5 Å². The van der Waals surface area contributed by atoms with E-state index in [4.69, 9.17) is 17.3 Å². The fourth-order valence-electron chi connectivity index (χ4n) is 2.08. The molecule has 0 spiro atoms. The molecule has 1 rings (SSSR count). The third-order valence-corrected chi connectivity index (χ3v) is 3.57. The first kappa shape index (κ1) is 14.4. The van der Waals surface area contributed by atoms with Crippen LogP contribution in [0.5, 0.6) is 0 Å². The Morgan fingerprint density at radius 3 is 2.71 bits per heavy atom. The Morgan fingerprint density at radius 2 is 2.18 bits per heavy atom. The number of benzene rings is 1. The summed E-state index contributed by atoms with van der Waals surface area (Å²) >= 11 is 5.92. The normalized spacial score (nSPS) is 14.6. The summed E-state index contributed by atoms with van der Waals surface area (Å²) in [6, 6.07) is 4.73. The van der Waals surface area contributed by atoms with E-state index in [-0.39, 0.29) is 11.6 Å². The van der Waals surface area contributed by atoms with Crippen molar-refractivity contribution in [2.24, 2.45) is 11.1 Å². The summed E-state index contributed by atoms with van der Waals surface area (Å²) in [5, 5.41) is 9.65. The van der Waals surface area contributed by atoms with E-state index in [1.165, 1.54) is 6.07 Å². The van der Waals surface area contributed by atoms with Crippen molar-refractivity contribution in [3.63, 3.8) is 0 Å². The van der Waals surface area contributed by atoms with Crippen LogP contribution in [0.2, 0.25) is 5.02 Å². The predicted octanol–water partition coefficient (Wildman–Crippen LogP) is 2.76. The third-order valence-electron chi connectivity index (χ3n) is 3.15. The number of hydrogen-bond acceptors (Lipinski definition) is 2. The van der Waals surface area contributed by atoms with Crippen LogP contribution in [0.25, 0.3) is 0 Å². The Kier molecular flexibility index (Phi) is 5.37. The lowest BCUT2D eigenvalue weighted by atomic mass is 9.78. The Morgan fingerprint density at radius 1 is 1.47 bits per heavy atom. The monoisotopic (exact) mass is 259 g/mol. The van der Waals surface area contributed by atoms with Crippen LogP contribution in [0.4, 0.5) is 4.39 Å². The van der Waals surface area contributed by atoms with E-state index in [0.29, 0.717) is 18.5 Å². The molecule has 1 aromatic carbocycles. The zero-order valence-corrected chi connectivity index (χ0v) is 10.8. The predicted molar refractivity (Wildman–Crippen MR) is 68.6 cm³/mol. The highest BCUT2D eigenvalue weighted by Gasteiger charge is 2.28. The molecule has 17 heavy (non-hydrogen) atoms. The SMILES string of the molecule is CCCC(CN)(CO)Cc1cccc(F)c1Cl. The van der Waals surface area contributed by atoms with Gasteiger partial charge in [0, 0.05) is 12.0 Å². The number of aliphatic hydroxyl groups is 1. The molecule has 0 saturated heterocycles. The van der Waals surface area contributed by atoms with E-state index in [1.54, 1.807) is 12.1 Å². The van der Waals surface area contributed by atoms with Gasteiger partial charge in [-0.15, -0.1) is 0 Å². The molecule has 0 fully saturated rings. The quantitative estimate of drug-likeness (QED) is 0.825. The molecular weight excluding hydrogens is 241 g/mol. The molecule has 0 aromatic heterocycles. The van der Waals surface area contributed by atoms with Gasteiger partial charge in [0.25, 0.3) is 0 Å². The second kappa shape index (κ2) is 6.34. The summed E-state index contributed by atoms with van der Waals surface area (Å²) in [5.41, 5.74) is 6.05. The third kappa shape index (κ3) is 3.41. The molecule has 3 N–H and O–H groups in total. The van der Waals surface area contributed by atoms with Crippen LogP contribution in [0.3, 0.4) is 0 Å². The molecule has 0 aliphatic heterocycles. The Balaban J connectivity index is 2.97. The van der Waals surface area contributed by atoms with Gasteiger partial charge in [0.05, 0.1) is 11.6 Å². The van der Waals surface area contributed by atoms with Crippen LogP contribution < -0.4 is 5.73 Å². The van der Waals surface area contributed by atoms with E-state index in [1.807, 2.05) is 6.92 Å². The fourth-order valence-corrected chi connectivity index (χ4v) is 2.27. The van der Waals surface area contributed by atoms with Crippen LogP contribution >= 0.6 is 11.6 Å². The molecule has 1 unspecified atom stereocenters. The first-order valence-corrected chi connectivity index (χ1v) is 6.20. The van der Waals surface area contributed by atoms with Gasteiger partial charge >= 0.3 is 0 Å². The highest BCUT2D eigenvalue weighted by molar-refractivity contribution is 6.31. The molecule has 1 aromatic rings. The standard InChI is InChI=1S/C13H19ClFNO/c1-2-6-13(8-16,9-17)7-10-4-3-5-11(15)12(10)14/h3-5,17H,2,6-9,16H2,1H3. The zero-order chi connectivity index (χ0) is 12.9. The highest BCUT2D eigenvalue weighted by atomic mass is 35.5. The van der Waals surface area contributed by atoms with Gasteiger partial charge in [0.1, 0.15) is 5.82 Å². The molecule has 96 valence electrons. The lowest BCUT2D eigenvalue weighted by Gasteiger charge is -2.30. The molecule has 0 heterocycles. The minimum absolute atomic E-state index is 0.00974. The lowest BCUT2D eigenvalue weighted by molar-refractivity contribution is 0.121. The lowest BCUT2D eigenvalue weighted by Crippen LogP contribution is -2.36. The van der Waals surface area contributed by atoms with Crippen molar-refractivity contribution >= 4 is 11.6 Å². The number of halogens is 2. The van der Waals surface area contributed by atoms with Crippen LogP contribution in [0, 0.1) is 11.2 Å². The first-order chi connectivity index (χ1) is 8.08. The number of nitrogens with two attached hydrogens (primary N) is 1. The van der Waals surface area contributed by atoms with Crippen molar-refractivity contribution in [2.45, 2.75) is 26.2 Å². The first-order valence-electron chi connectivity index (χ1n) is 5.82. The van der Waals surface area contributed by atoms with Crippen molar-refractivity contribution < 1.29 is 9.50 Å². The van der Waals surface area contributed by atoms with Crippen molar-refractivity contribution in [3.05, 3.63) is 34.6 Å². The molecule has 0 bridgehead atoms. The second-order valence-electron chi connectivity index (χ2n) is 4.50. The van der Waals surface area contributed by atoms with Gasteiger partial charge in [0.15, 0.2) is 0 Å². The summed E-state index contributed by atoms with van der Waals surface area (Å²) in [5.74, 6) is -0.426. The summed E-state index contributed by atoms with van der Waals surface area (Å²) in [4.78, 5) is 0. The highest BCUT2D eigenvalue weighted by Crippen LogP contribution is 2.31. The summed E-state index contributed by atoms with van der Waals surface area (Å²) < 4.78 is 13.3. The fraction of sp³-hybridized carbons (Fsp3) is 0.538. The number of aliphatic hydroxyl groups excluding tert-OH is 1. The van der Waals surface area contributed by atoms with Gasteiger partial charge in [-0.25, -0.2) is 4.39 Å². The number of hydrogen-bond donors (Lipinski definition) is 2. The molecule has 2 nitrogen and oxygen atoms in total. The minimum atomic E-state index is -0.426. The topological polar surface area (TPSA) is 46.2 Å². The zero-order valence-electron chi connectivity index (χ0n) is 10.0. The molecule has 4 heteroatoms. The Hall–Kier alpha value is -0.640. The largest absolute Gasteiger partial charge is 0.396 e. The van der Waals surface area contributed by atoms with Crippen LogP contribution in [-0.4, -0.2) is 18.3 Å². The van der Waals surface area contributed by atoms with E-state index >= 15 is 0 Å². The maximum atomic E-state index is 13.3. The van der Waals surface area contributed by atoms with Gasteiger partial charge in [-0.2, -0.15) is 0 Å². The van der Waals surface area contributed by atoms with Crippen LogP contribution in [-0.2, 0) is 6.42 Å². The molecule has 1 atom stereocenters. The van der Waals surface area contributed by atoms with E-state index in [2.05, 4.69) is 0 Å². The molecule has 0 radical (unpaired) electrons. The maximum Gasteiger partial charge on any atom is 0.142 e. The molecule has 0 saturated carbocycles. The smallest absolute Gasteiger partial charge is 0.142 e. The van der Waals surface area contributed by atoms with Crippen LogP contribution in [0.15, 0.2) is 18.2 Å². The molecule has 0 aliphatic rings. The van der Waals surface area contributed by atoms with Crippen molar-refractivity contribution in [1.29, 1.82) is 0 Å². The minimum Gasteiger partial charge on any atom is -0.396 e. The second-order valence-corrected chi connectivity index (χ2v) is 4.88. The molecular formula is C13H19ClFNO. The van der Waals surface area contributed by atoms with Crippen molar-refractivity contribution in [2.75, 3.05) is 13.2 Å². The van der Waals surface area contributed by atoms with E-state index < -0.39 is 11.2 Å². The molecule has 0 aliphatic carbocycles. The Bertz CT molecular complexity index is 366. The maximum absolute atomic E-state index is 13.3. The van der Waals surface area contributed by atoms with Gasteiger partial charge in [0.2, 0.25) is 0 Å².